The molecule has 0 spiro atoms. The Morgan fingerprint density at radius 3 is 1.84 bits per heavy atom. The molecule has 11 nitrogen and oxygen atoms in total. The minimum atomic E-state index is -0.526. The number of nitrogens with zero attached hydrogens (tertiary/aromatic N) is 2. The second kappa shape index (κ2) is 17.3. The molecule has 0 aliphatic heterocycles. The molecular formula is C44H48F2N6O5. The molecule has 4 N–H and O–H groups in total. The molecular weight excluding hydrogens is 731 g/mol. The minimum Gasteiger partial charge on any atom is -0.379 e. The van der Waals surface area contributed by atoms with Crippen LogP contribution in [0.1, 0.15) is 104 Å². The van der Waals surface area contributed by atoms with E-state index in [1.165, 1.54) is 37.4 Å². The van der Waals surface area contributed by atoms with Gasteiger partial charge in [0.05, 0.1) is 35.7 Å². The number of hydrogen-bond acceptors (Lipinski definition) is 7. The number of halogens is 2. The number of amides is 4. The second-order valence-electron chi connectivity index (χ2n) is 15.7. The average Bonchev–Trinajstić information content (AvgIpc) is 4.12. The Morgan fingerprint density at radius 2 is 1.30 bits per heavy atom. The molecule has 13 heteroatoms. The zero-order valence-corrected chi connectivity index (χ0v) is 32.4. The molecule has 3 aliphatic rings. The van der Waals surface area contributed by atoms with Crippen LogP contribution in [-0.2, 0) is 4.74 Å². The van der Waals surface area contributed by atoms with Crippen LogP contribution in [0.25, 0.3) is 22.5 Å². The number of nitrogens with one attached hydrogen (secondary N) is 4. The van der Waals surface area contributed by atoms with E-state index in [4.69, 9.17) is 4.74 Å². The number of carbonyl (C=O) groups excluding carboxylic acids is 4. The van der Waals surface area contributed by atoms with Gasteiger partial charge in [-0.2, -0.15) is 0 Å². The first-order chi connectivity index (χ1) is 27.4. The predicted molar refractivity (Wildman–Crippen MR) is 211 cm³/mol. The average molecular weight is 779 g/mol. The van der Waals surface area contributed by atoms with Crippen LogP contribution in [0, 0.1) is 37.3 Å². The molecule has 0 saturated heterocycles. The monoisotopic (exact) mass is 778 g/mol. The number of pyridine rings is 2. The summed E-state index contributed by atoms with van der Waals surface area (Å²) in [5, 5.41) is 11.7. The fourth-order valence-electron chi connectivity index (χ4n) is 7.18. The van der Waals surface area contributed by atoms with Crippen molar-refractivity contribution in [1.82, 2.24) is 31.2 Å². The van der Waals surface area contributed by atoms with Crippen molar-refractivity contribution in [3.05, 3.63) is 106 Å². The summed E-state index contributed by atoms with van der Waals surface area (Å²) in [4.78, 5) is 60.1. The predicted octanol–water partition coefficient (Wildman–Crippen LogP) is 6.47. The van der Waals surface area contributed by atoms with Crippen LogP contribution in [0.5, 0.6) is 0 Å². The van der Waals surface area contributed by atoms with Crippen molar-refractivity contribution < 1.29 is 32.7 Å². The van der Waals surface area contributed by atoms with Crippen molar-refractivity contribution >= 4 is 23.6 Å². The summed E-state index contributed by atoms with van der Waals surface area (Å²) in [6.07, 6.45) is 10.1. The largest absolute Gasteiger partial charge is 0.379 e. The highest BCUT2D eigenvalue weighted by Gasteiger charge is 2.39. The summed E-state index contributed by atoms with van der Waals surface area (Å²) < 4.78 is 35.6. The number of benzene rings is 2. The Balaban J connectivity index is 0.859. The Morgan fingerprint density at radius 1 is 0.737 bits per heavy atom. The SMILES string of the molecule is Cc1c(F)cc(C(=O)NC2CC2)cc1-c1ccc(C(=O)NC(C)COCC2CC2NC(=O)c2cc(F)c(C)c(-c3ccc(C(=O)NCC4CCCC4)cn3)c2)cn1. The van der Waals surface area contributed by atoms with Crippen molar-refractivity contribution in [3.63, 3.8) is 0 Å². The Hall–Kier alpha value is -5.56. The molecule has 2 aromatic carbocycles. The first kappa shape index (κ1) is 39.7. The Labute approximate surface area is 330 Å². The minimum absolute atomic E-state index is 0.0731. The van der Waals surface area contributed by atoms with E-state index in [1.54, 1.807) is 50.2 Å². The van der Waals surface area contributed by atoms with Crippen LogP contribution in [0.15, 0.2) is 60.9 Å². The Kier molecular flexibility index (Phi) is 12.0. The summed E-state index contributed by atoms with van der Waals surface area (Å²) in [5.74, 6) is -1.71. The number of ether oxygens (including phenoxy) is 1. The fourth-order valence-corrected chi connectivity index (χ4v) is 7.18. The third kappa shape index (κ3) is 9.88. The van der Waals surface area contributed by atoms with E-state index in [2.05, 4.69) is 31.2 Å². The van der Waals surface area contributed by atoms with Gasteiger partial charge in [-0.05, 0) is 118 Å². The van der Waals surface area contributed by atoms with Crippen LogP contribution >= 0.6 is 0 Å². The van der Waals surface area contributed by atoms with E-state index in [1.807, 2.05) is 6.92 Å². The third-order valence-electron chi connectivity index (χ3n) is 11.1. The molecule has 2 heterocycles. The molecule has 2 aromatic heterocycles. The first-order valence-electron chi connectivity index (χ1n) is 19.7. The van der Waals surface area contributed by atoms with Crippen LogP contribution in [0.3, 0.4) is 0 Å². The molecule has 0 radical (unpaired) electrons. The lowest BCUT2D eigenvalue weighted by molar-refractivity contribution is 0.0818. The van der Waals surface area contributed by atoms with Crippen LogP contribution in [0.4, 0.5) is 8.78 Å². The third-order valence-corrected chi connectivity index (χ3v) is 11.1. The summed E-state index contributed by atoms with van der Waals surface area (Å²) >= 11 is 0. The van der Waals surface area contributed by atoms with Gasteiger partial charge in [0.1, 0.15) is 11.6 Å². The lowest BCUT2D eigenvalue weighted by atomic mass is 10.00. The van der Waals surface area contributed by atoms with Gasteiger partial charge in [-0.1, -0.05) is 12.8 Å². The van der Waals surface area contributed by atoms with E-state index in [0.29, 0.717) is 70.3 Å². The molecule has 3 saturated carbocycles. The van der Waals surface area contributed by atoms with Gasteiger partial charge in [0.25, 0.3) is 23.6 Å². The van der Waals surface area contributed by atoms with Crippen molar-refractivity contribution in [2.45, 2.75) is 83.8 Å². The highest BCUT2D eigenvalue weighted by molar-refractivity contribution is 5.98. The first-order valence-corrected chi connectivity index (χ1v) is 19.7. The highest BCUT2D eigenvalue weighted by Crippen LogP contribution is 2.32. The molecule has 3 unspecified atom stereocenters. The van der Waals surface area contributed by atoms with Crippen molar-refractivity contribution in [1.29, 1.82) is 0 Å². The summed E-state index contributed by atoms with van der Waals surface area (Å²) in [6, 6.07) is 11.9. The molecule has 4 amide bonds. The molecule has 3 atom stereocenters. The molecule has 298 valence electrons. The lowest BCUT2D eigenvalue weighted by Gasteiger charge is -2.15. The fraction of sp³-hybridized carbons (Fsp3) is 0.409. The zero-order valence-electron chi connectivity index (χ0n) is 32.4. The molecule has 57 heavy (non-hydrogen) atoms. The molecule has 3 aliphatic carbocycles. The van der Waals surface area contributed by atoms with E-state index < -0.39 is 17.5 Å². The van der Waals surface area contributed by atoms with Gasteiger partial charge in [-0.3, -0.25) is 29.1 Å². The maximum atomic E-state index is 15.0. The Bertz CT molecular complexity index is 2150. The number of carbonyl (C=O) groups is 4. The van der Waals surface area contributed by atoms with E-state index >= 15 is 4.39 Å². The van der Waals surface area contributed by atoms with Crippen molar-refractivity contribution in [3.8, 4) is 22.5 Å². The molecule has 7 rings (SSSR count). The number of aromatic nitrogens is 2. The maximum absolute atomic E-state index is 15.0. The van der Waals surface area contributed by atoms with Crippen LogP contribution in [-0.4, -0.2) is 71.5 Å². The smallest absolute Gasteiger partial charge is 0.253 e. The standard InChI is InChI=1S/C44H48F2N6O5/c1-24(50-42(54)29-9-13-39(48-21-29)34-14-30(16-36(45)25(34)2)43(55)51-33-10-11-33)22-57-23-32-18-40(32)52-44(56)31-15-35(26(3)37(46)17-31)38-12-8-28(20-47-38)41(53)49-19-27-6-4-5-7-27/h8-9,12-17,20-21,24,27,32-33,40H,4-7,10-11,18-19,22-23H2,1-3H3,(H,49,53)(H,50,54)(H,51,55)(H,52,56). The summed E-state index contributed by atoms with van der Waals surface area (Å²) in [7, 11) is 0. The van der Waals surface area contributed by atoms with E-state index in [-0.39, 0.29) is 59.5 Å². The number of rotatable bonds is 15. The van der Waals surface area contributed by atoms with Crippen LogP contribution < -0.4 is 21.3 Å². The van der Waals surface area contributed by atoms with E-state index in [9.17, 15) is 23.6 Å². The van der Waals surface area contributed by atoms with Gasteiger partial charge in [0, 0.05) is 65.2 Å². The number of hydrogen-bond donors (Lipinski definition) is 4. The van der Waals surface area contributed by atoms with Gasteiger partial charge in [-0.25, -0.2) is 8.78 Å². The van der Waals surface area contributed by atoms with Gasteiger partial charge in [-0.15, -0.1) is 0 Å². The summed E-state index contributed by atoms with van der Waals surface area (Å²) in [5.41, 5.74) is 3.71. The van der Waals surface area contributed by atoms with E-state index in [0.717, 1.165) is 25.7 Å². The topological polar surface area (TPSA) is 151 Å². The van der Waals surface area contributed by atoms with Crippen molar-refractivity contribution in [2.75, 3.05) is 19.8 Å². The van der Waals surface area contributed by atoms with Gasteiger partial charge < -0.3 is 26.0 Å². The summed E-state index contributed by atoms with van der Waals surface area (Å²) in [6.45, 7) is 6.32. The quantitative estimate of drug-likeness (QED) is 0.108. The van der Waals surface area contributed by atoms with Gasteiger partial charge >= 0.3 is 0 Å². The zero-order chi connectivity index (χ0) is 40.2. The normalized spacial score (nSPS) is 18.1. The highest BCUT2D eigenvalue weighted by atomic mass is 19.1. The second-order valence-corrected chi connectivity index (χ2v) is 15.7. The maximum Gasteiger partial charge on any atom is 0.253 e. The molecule has 3 fully saturated rings. The molecule has 4 aromatic rings. The van der Waals surface area contributed by atoms with Crippen LogP contribution in [0.2, 0.25) is 0 Å². The lowest BCUT2D eigenvalue weighted by Crippen LogP contribution is -2.36. The van der Waals surface area contributed by atoms with Crippen molar-refractivity contribution in [2.24, 2.45) is 11.8 Å². The van der Waals surface area contributed by atoms with Gasteiger partial charge in [0.15, 0.2) is 0 Å². The van der Waals surface area contributed by atoms with Gasteiger partial charge in [0.2, 0.25) is 0 Å². The molecule has 0 bridgehead atoms.